The predicted molar refractivity (Wildman–Crippen MR) is 77.7 cm³/mol. The van der Waals surface area contributed by atoms with E-state index in [1.165, 1.54) is 6.20 Å². The lowest BCUT2D eigenvalue weighted by Crippen LogP contribution is -2.51. The van der Waals surface area contributed by atoms with Crippen molar-refractivity contribution in [2.45, 2.75) is 20.0 Å². The predicted octanol–water partition coefficient (Wildman–Crippen LogP) is 0.695. The highest BCUT2D eigenvalue weighted by molar-refractivity contribution is 5.93. The number of amides is 2. The van der Waals surface area contributed by atoms with Gasteiger partial charge in [-0.15, -0.1) is 0 Å². The zero-order valence-corrected chi connectivity index (χ0v) is 12.4. The van der Waals surface area contributed by atoms with Gasteiger partial charge in [-0.05, 0) is 18.1 Å². The molecule has 1 unspecified atom stereocenters. The van der Waals surface area contributed by atoms with E-state index in [0.29, 0.717) is 24.6 Å². The van der Waals surface area contributed by atoms with Crippen LogP contribution in [0, 0.1) is 5.92 Å². The Hall–Kier alpha value is -1.95. The molecule has 0 radical (unpaired) electrons. The Balaban J connectivity index is 1.83. The summed E-state index contributed by atoms with van der Waals surface area (Å²) in [5, 5.41) is 2.82. The Bertz CT molecular complexity index is 490. The molecule has 1 aromatic rings. The van der Waals surface area contributed by atoms with E-state index in [0.717, 1.165) is 6.54 Å². The van der Waals surface area contributed by atoms with Crippen molar-refractivity contribution in [3.8, 4) is 0 Å². The summed E-state index contributed by atoms with van der Waals surface area (Å²) in [5.41, 5.74) is 0.517. The molecule has 1 aliphatic heterocycles. The average Bonchev–Trinajstić information content (AvgIpc) is 2.48. The molecule has 2 amide bonds. The lowest BCUT2D eigenvalue weighted by atomic mass is 10.1. The van der Waals surface area contributed by atoms with Crippen LogP contribution >= 0.6 is 0 Å². The van der Waals surface area contributed by atoms with Gasteiger partial charge in [0.15, 0.2) is 0 Å². The quantitative estimate of drug-likeness (QED) is 0.866. The minimum atomic E-state index is -0.181. The normalized spacial score (nSPS) is 18.9. The first-order chi connectivity index (χ1) is 10.1. The SMILES string of the molecule is CC(C)CN1CC(CNC(=O)c2cccnc2)OCC1=O. The molecule has 1 atom stereocenters. The summed E-state index contributed by atoms with van der Waals surface area (Å²) < 4.78 is 5.47. The summed E-state index contributed by atoms with van der Waals surface area (Å²) in [5.74, 6) is 0.246. The van der Waals surface area contributed by atoms with Crippen LogP contribution in [0.5, 0.6) is 0 Å². The Morgan fingerprint density at radius 2 is 2.38 bits per heavy atom. The first kappa shape index (κ1) is 15.4. The Labute approximate surface area is 124 Å². The van der Waals surface area contributed by atoms with E-state index in [-0.39, 0.29) is 24.5 Å². The zero-order valence-electron chi connectivity index (χ0n) is 12.4. The minimum Gasteiger partial charge on any atom is -0.365 e. The number of hydrogen-bond donors (Lipinski definition) is 1. The third-order valence-electron chi connectivity index (χ3n) is 3.22. The number of nitrogens with one attached hydrogen (secondary N) is 1. The van der Waals surface area contributed by atoms with Crippen LogP contribution in [0.15, 0.2) is 24.5 Å². The fraction of sp³-hybridized carbons (Fsp3) is 0.533. The minimum absolute atomic E-state index is 0.0125. The van der Waals surface area contributed by atoms with E-state index < -0.39 is 0 Å². The molecule has 1 saturated heterocycles. The monoisotopic (exact) mass is 291 g/mol. The second kappa shape index (κ2) is 7.17. The molecule has 114 valence electrons. The van der Waals surface area contributed by atoms with Gasteiger partial charge in [0.25, 0.3) is 5.91 Å². The third kappa shape index (κ3) is 4.53. The molecule has 0 aliphatic carbocycles. The molecule has 0 bridgehead atoms. The van der Waals surface area contributed by atoms with Crippen LogP contribution in [0.1, 0.15) is 24.2 Å². The van der Waals surface area contributed by atoms with E-state index >= 15 is 0 Å². The number of ether oxygens (including phenoxy) is 1. The summed E-state index contributed by atoms with van der Waals surface area (Å²) in [6.07, 6.45) is 2.98. The molecule has 21 heavy (non-hydrogen) atoms. The maximum Gasteiger partial charge on any atom is 0.252 e. The third-order valence-corrected chi connectivity index (χ3v) is 3.22. The van der Waals surface area contributed by atoms with Gasteiger partial charge in [0.1, 0.15) is 6.61 Å². The van der Waals surface area contributed by atoms with Gasteiger partial charge >= 0.3 is 0 Å². The van der Waals surface area contributed by atoms with Gasteiger partial charge in [0.2, 0.25) is 5.91 Å². The van der Waals surface area contributed by atoms with Gasteiger partial charge in [-0.1, -0.05) is 13.8 Å². The highest BCUT2D eigenvalue weighted by Crippen LogP contribution is 2.09. The average molecular weight is 291 g/mol. The number of carbonyl (C=O) groups excluding carboxylic acids is 2. The smallest absolute Gasteiger partial charge is 0.252 e. The second-order valence-electron chi connectivity index (χ2n) is 5.58. The van der Waals surface area contributed by atoms with Crippen molar-refractivity contribution < 1.29 is 14.3 Å². The highest BCUT2D eigenvalue weighted by atomic mass is 16.5. The van der Waals surface area contributed by atoms with Gasteiger partial charge in [-0.3, -0.25) is 14.6 Å². The number of pyridine rings is 1. The van der Waals surface area contributed by atoms with Crippen LogP contribution < -0.4 is 5.32 Å². The van der Waals surface area contributed by atoms with Crippen LogP contribution in [0.2, 0.25) is 0 Å². The number of aromatic nitrogens is 1. The van der Waals surface area contributed by atoms with Crippen LogP contribution in [0.4, 0.5) is 0 Å². The molecule has 0 saturated carbocycles. The van der Waals surface area contributed by atoms with Crippen LogP contribution in [0.25, 0.3) is 0 Å². The summed E-state index contributed by atoms with van der Waals surface area (Å²) in [6.45, 7) is 5.85. The first-order valence-corrected chi connectivity index (χ1v) is 7.14. The maximum absolute atomic E-state index is 11.9. The van der Waals surface area contributed by atoms with Gasteiger partial charge in [-0.25, -0.2) is 0 Å². The summed E-state index contributed by atoms with van der Waals surface area (Å²) in [4.78, 5) is 29.4. The Kier molecular flexibility index (Phi) is 5.27. The molecule has 0 spiro atoms. The van der Waals surface area contributed by atoms with E-state index in [9.17, 15) is 9.59 Å². The van der Waals surface area contributed by atoms with Crippen LogP contribution in [0.3, 0.4) is 0 Å². The van der Waals surface area contributed by atoms with Crippen molar-refractivity contribution in [1.82, 2.24) is 15.2 Å². The van der Waals surface area contributed by atoms with E-state index in [1.807, 2.05) is 0 Å². The molecule has 2 rings (SSSR count). The van der Waals surface area contributed by atoms with Crippen molar-refractivity contribution in [3.05, 3.63) is 30.1 Å². The van der Waals surface area contributed by atoms with E-state index in [4.69, 9.17) is 4.74 Å². The highest BCUT2D eigenvalue weighted by Gasteiger charge is 2.26. The van der Waals surface area contributed by atoms with Gasteiger partial charge < -0.3 is 15.0 Å². The summed E-state index contributed by atoms with van der Waals surface area (Å²) in [6, 6.07) is 3.42. The van der Waals surface area contributed by atoms with Crippen molar-refractivity contribution >= 4 is 11.8 Å². The van der Waals surface area contributed by atoms with E-state index in [2.05, 4.69) is 24.1 Å². The molecule has 1 aromatic heterocycles. The molecule has 2 heterocycles. The molecule has 1 fully saturated rings. The molecule has 6 heteroatoms. The van der Waals surface area contributed by atoms with Gasteiger partial charge in [0.05, 0.1) is 11.7 Å². The Morgan fingerprint density at radius 3 is 3.05 bits per heavy atom. The molecule has 1 aliphatic rings. The molecule has 6 nitrogen and oxygen atoms in total. The lowest BCUT2D eigenvalue weighted by Gasteiger charge is -2.33. The maximum atomic E-state index is 11.9. The standard InChI is InChI=1S/C15H21N3O3/c1-11(2)8-18-9-13(21-10-14(18)19)7-17-15(20)12-4-3-5-16-6-12/h3-6,11,13H,7-10H2,1-2H3,(H,17,20). The van der Waals surface area contributed by atoms with Crippen molar-refractivity contribution in [2.75, 3.05) is 26.2 Å². The van der Waals surface area contributed by atoms with Crippen molar-refractivity contribution in [1.29, 1.82) is 0 Å². The summed E-state index contributed by atoms with van der Waals surface area (Å²) >= 11 is 0. The zero-order chi connectivity index (χ0) is 15.2. The molecular weight excluding hydrogens is 270 g/mol. The first-order valence-electron chi connectivity index (χ1n) is 7.14. The Morgan fingerprint density at radius 1 is 1.57 bits per heavy atom. The van der Waals surface area contributed by atoms with E-state index in [1.54, 1.807) is 23.2 Å². The second-order valence-corrected chi connectivity index (χ2v) is 5.58. The molecule has 0 aromatic carbocycles. The molecule has 1 N–H and O–H groups in total. The lowest BCUT2D eigenvalue weighted by molar-refractivity contribution is -0.149. The van der Waals surface area contributed by atoms with Gasteiger partial charge in [-0.2, -0.15) is 0 Å². The number of carbonyl (C=O) groups is 2. The number of nitrogens with zero attached hydrogens (tertiary/aromatic N) is 2. The fourth-order valence-electron chi connectivity index (χ4n) is 2.23. The van der Waals surface area contributed by atoms with Crippen LogP contribution in [-0.4, -0.2) is 54.0 Å². The van der Waals surface area contributed by atoms with Crippen LogP contribution in [-0.2, 0) is 9.53 Å². The molecular formula is C15H21N3O3. The number of rotatable bonds is 5. The largest absolute Gasteiger partial charge is 0.365 e. The summed E-state index contributed by atoms with van der Waals surface area (Å²) in [7, 11) is 0. The fourth-order valence-corrected chi connectivity index (χ4v) is 2.23. The van der Waals surface area contributed by atoms with Gasteiger partial charge in [0, 0.05) is 32.0 Å². The number of morpholine rings is 1. The number of hydrogen-bond acceptors (Lipinski definition) is 4. The van der Waals surface area contributed by atoms with Crippen molar-refractivity contribution in [3.63, 3.8) is 0 Å². The van der Waals surface area contributed by atoms with Crippen molar-refractivity contribution in [2.24, 2.45) is 5.92 Å². The topological polar surface area (TPSA) is 71.5 Å².